The number of ether oxygens (including phenoxy) is 6. The maximum absolute atomic E-state index is 11.6. The van der Waals surface area contributed by atoms with Gasteiger partial charge in [0.2, 0.25) is 0 Å². The molecule has 2 aromatic rings. The summed E-state index contributed by atoms with van der Waals surface area (Å²) >= 11 is 0. The number of hydrogen-bond donors (Lipinski definition) is 0. The van der Waals surface area contributed by atoms with Crippen LogP contribution < -0.4 is 18.9 Å². The zero-order chi connectivity index (χ0) is 25.5. The van der Waals surface area contributed by atoms with Crippen molar-refractivity contribution in [2.45, 2.75) is 32.8 Å². The predicted molar refractivity (Wildman–Crippen MR) is 126 cm³/mol. The first-order valence-electron chi connectivity index (χ1n) is 10.9. The van der Waals surface area contributed by atoms with Crippen molar-refractivity contribution in [3.05, 3.63) is 53.1 Å². The van der Waals surface area contributed by atoms with E-state index in [0.717, 1.165) is 16.7 Å². The van der Waals surface area contributed by atoms with E-state index < -0.39 is 18.0 Å². The Morgan fingerprint density at radius 2 is 1.60 bits per heavy atom. The summed E-state index contributed by atoms with van der Waals surface area (Å²) in [5, 5.41) is 0. The Labute approximate surface area is 203 Å². The van der Waals surface area contributed by atoms with Gasteiger partial charge in [0.25, 0.3) is 0 Å². The predicted octanol–water partition coefficient (Wildman–Crippen LogP) is 3.99. The van der Waals surface area contributed by atoms with Gasteiger partial charge in [-0.25, -0.2) is 0 Å². The van der Waals surface area contributed by atoms with E-state index in [0.29, 0.717) is 17.2 Å². The topological polar surface area (TPSA) is 107 Å². The van der Waals surface area contributed by atoms with Crippen LogP contribution in [0.1, 0.15) is 49.5 Å². The first-order chi connectivity index (χ1) is 16.7. The van der Waals surface area contributed by atoms with Crippen LogP contribution in [0.3, 0.4) is 0 Å². The zero-order valence-electron chi connectivity index (χ0n) is 20.3. The molecule has 3 rings (SSSR count). The minimum atomic E-state index is -0.529. The highest BCUT2D eigenvalue weighted by Gasteiger charge is 2.39. The molecular weight excluding hydrogens is 456 g/mol. The zero-order valence-corrected chi connectivity index (χ0v) is 20.3. The van der Waals surface area contributed by atoms with Gasteiger partial charge in [-0.3, -0.25) is 14.4 Å². The van der Waals surface area contributed by atoms with Crippen LogP contribution in [0, 0.1) is 0 Å². The molecule has 0 spiro atoms. The van der Waals surface area contributed by atoms with Gasteiger partial charge in [-0.15, -0.1) is 0 Å². The molecule has 2 atom stereocenters. The molecule has 1 aliphatic heterocycles. The van der Waals surface area contributed by atoms with Crippen molar-refractivity contribution < 1.29 is 42.8 Å². The monoisotopic (exact) mass is 484 g/mol. The van der Waals surface area contributed by atoms with Gasteiger partial charge >= 0.3 is 17.9 Å². The van der Waals surface area contributed by atoms with Gasteiger partial charge in [0.05, 0.1) is 20.1 Å². The molecule has 0 aromatic heterocycles. The highest BCUT2D eigenvalue weighted by atomic mass is 16.6. The molecule has 186 valence electrons. The van der Waals surface area contributed by atoms with Crippen LogP contribution in [-0.4, -0.2) is 45.3 Å². The van der Waals surface area contributed by atoms with E-state index in [1.165, 1.54) is 35.0 Å². The van der Waals surface area contributed by atoms with Crippen LogP contribution >= 0.6 is 0 Å². The second kappa shape index (κ2) is 11.4. The molecule has 0 saturated carbocycles. The Morgan fingerprint density at radius 3 is 2.23 bits per heavy atom. The minimum absolute atomic E-state index is 0.0742. The summed E-state index contributed by atoms with van der Waals surface area (Å²) in [6.07, 6.45) is 2.99. The van der Waals surface area contributed by atoms with Crippen LogP contribution in [-0.2, 0) is 23.9 Å². The number of carbonyl (C=O) groups excluding carboxylic acids is 3. The summed E-state index contributed by atoms with van der Waals surface area (Å²) in [4.78, 5) is 34.0. The van der Waals surface area contributed by atoms with Gasteiger partial charge in [0.1, 0.15) is 19.3 Å². The highest BCUT2D eigenvalue weighted by Crippen LogP contribution is 2.51. The molecule has 9 nitrogen and oxygen atoms in total. The molecule has 0 fully saturated rings. The normalized spacial score (nSPS) is 16.3. The largest absolute Gasteiger partial charge is 0.493 e. The quantitative estimate of drug-likeness (QED) is 0.386. The number of hydrogen-bond acceptors (Lipinski definition) is 9. The van der Waals surface area contributed by atoms with E-state index in [2.05, 4.69) is 0 Å². The Hall–Kier alpha value is -4.01. The fourth-order valence-electron chi connectivity index (χ4n) is 3.80. The van der Waals surface area contributed by atoms with Crippen LogP contribution in [0.25, 0.3) is 6.08 Å². The first-order valence-corrected chi connectivity index (χ1v) is 10.9. The van der Waals surface area contributed by atoms with Crippen molar-refractivity contribution >= 4 is 24.0 Å². The third-order valence-corrected chi connectivity index (χ3v) is 5.26. The van der Waals surface area contributed by atoms with Crippen molar-refractivity contribution in [2.75, 3.05) is 27.4 Å². The lowest BCUT2D eigenvalue weighted by Crippen LogP contribution is -2.17. The van der Waals surface area contributed by atoms with Gasteiger partial charge in [0, 0.05) is 26.3 Å². The number of fused-ring (bicyclic) bond motifs is 1. The van der Waals surface area contributed by atoms with Gasteiger partial charge in [-0.2, -0.15) is 0 Å². The average Bonchev–Trinajstić information content (AvgIpc) is 3.18. The van der Waals surface area contributed by atoms with Gasteiger partial charge in [-0.05, 0) is 41.5 Å². The van der Waals surface area contributed by atoms with Gasteiger partial charge < -0.3 is 28.4 Å². The van der Waals surface area contributed by atoms with Crippen molar-refractivity contribution in [3.8, 4) is 23.0 Å². The second-order valence-electron chi connectivity index (χ2n) is 7.80. The van der Waals surface area contributed by atoms with Crippen molar-refractivity contribution in [3.63, 3.8) is 0 Å². The van der Waals surface area contributed by atoms with Crippen molar-refractivity contribution in [1.82, 2.24) is 0 Å². The Bertz CT molecular complexity index is 1140. The average molecular weight is 485 g/mol. The minimum Gasteiger partial charge on any atom is -0.493 e. The number of methoxy groups -OCH3 is 2. The number of esters is 3. The summed E-state index contributed by atoms with van der Waals surface area (Å²) in [6, 6.07) is 8.84. The molecule has 9 heteroatoms. The molecule has 0 aliphatic carbocycles. The molecular formula is C26H28O9. The van der Waals surface area contributed by atoms with E-state index in [4.69, 9.17) is 28.4 Å². The van der Waals surface area contributed by atoms with Crippen LogP contribution in [0.15, 0.2) is 36.4 Å². The molecule has 0 radical (unpaired) electrons. The third-order valence-electron chi connectivity index (χ3n) is 5.26. The van der Waals surface area contributed by atoms with E-state index >= 15 is 0 Å². The molecule has 0 N–H and O–H groups in total. The van der Waals surface area contributed by atoms with Crippen LogP contribution in [0.2, 0.25) is 0 Å². The Kier molecular flexibility index (Phi) is 8.35. The molecule has 2 aromatic carbocycles. The molecule has 1 heterocycles. The molecule has 0 amide bonds. The maximum Gasteiger partial charge on any atom is 0.308 e. The van der Waals surface area contributed by atoms with Crippen LogP contribution in [0.5, 0.6) is 23.0 Å². The van der Waals surface area contributed by atoms with E-state index in [1.54, 1.807) is 36.4 Å². The van der Waals surface area contributed by atoms with Crippen molar-refractivity contribution in [1.29, 1.82) is 0 Å². The Balaban J connectivity index is 2.00. The van der Waals surface area contributed by atoms with E-state index in [-0.39, 0.29) is 30.9 Å². The number of rotatable bonds is 9. The molecule has 0 saturated heterocycles. The molecule has 0 unspecified atom stereocenters. The van der Waals surface area contributed by atoms with Gasteiger partial charge in [-0.1, -0.05) is 12.1 Å². The lowest BCUT2D eigenvalue weighted by Gasteiger charge is -2.20. The summed E-state index contributed by atoms with van der Waals surface area (Å²) in [5.74, 6) is 0.0982. The summed E-state index contributed by atoms with van der Waals surface area (Å²) < 4.78 is 32.8. The fourth-order valence-corrected chi connectivity index (χ4v) is 3.80. The number of carbonyl (C=O) groups is 3. The first kappa shape index (κ1) is 25.6. The molecule has 35 heavy (non-hydrogen) atoms. The summed E-state index contributed by atoms with van der Waals surface area (Å²) in [5.41, 5.74) is 2.33. The van der Waals surface area contributed by atoms with E-state index in [1.807, 2.05) is 6.07 Å². The lowest BCUT2D eigenvalue weighted by molar-refractivity contribution is -0.142. The summed E-state index contributed by atoms with van der Waals surface area (Å²) in [7, 11) is 3.01. The molecule has 1 aliphatic rings. The van der Waals surface area contributed by atoms with E-state index in [9.17, 15) is 14.4 Å². The lowest BCUT2D eigenvalue weighted by atomic mass is 9.90. The third kappa shape index (κ3) is 6.32. The SMILES string of the molecule is COc1cc([C@@H]2Oc3c(OC)cc(/C=C/COC(C)=O)cc3[C@H]2COC(C)=O)ccc1OC(C)=O. The summed E-state index contributed by atoms with van der Waals surface area (Å²) in [6.45, 7) is 4.21. The molecule has 0 bridgehead atoms. The van der Waals surface area contributed by atoms with Gasteiger partial charge in [0.15, 0.2) is 23.0 Å². The highest BCUT2D eigenvalue weighted by molar-refractivity contribution is 5.71. The van der Waals surface area contributed by atoms with Crippen LogP contribution in [0.4, 0.5) is 0 Å². The second-order valence-corrected chi connectivity index (χ2v) is 7.80. The number of benzene rings is 2. The Morgan fingerprint density at radius 1 is 0.886 bits per heavy atom. The van der Waals surface area contributed by atoms with Crippen molar-refractivity contribution in [2.24, 2.45) is 0 Å². The smallest absolute Gasteiger partial charge is 0.308 e. The standard InChI is InChI=1S/C26H28O9/c1-15(27)32-10-6-7-18-11-20-21(14-33-16(2)28)25(35-26(20)24(12-18)31-5)19-8-9-22(34-17(3)29)23(13-19)30-4/h6-9,11-13,21,25H,10,14H2,1-5H3/b7-6+/t21-,25+/m1/s1. The maximum atomic E-state index is 11.6. The fraction of sp³-hybridized carbons (Fsp3) is 0.346.